The zero-order chi connectivity index (χ0) is 13.2. The lowest BCUT2D eigenvalue weighted by Gasteiger charge is -2.11. The summed E-state index contributed by atoms with van der Waals surface area (Å²) in [5, 5.41) is 0.657. The molecule has 1 aliphatic rings. The molecule has 0 unspecified atom stereocenters. The van der Waals surface area contributed by atoms with Crippen LogP contribution >= 0.6 is 11.6 Å². The van der Waals surface area contributed by atoms with E-state index in [2.05, 4.69) is 4.99 Å². The van der Waals surface area contributed by atoms with Crippen molar-refractivity contribution in [3.05, 3.63) is 70.0 Å². The molecule has 0 N–H and O–H groups in total. The van der Waals surface area contributed by atoms with Crippen molar-refractivity contribution in [2.75, 3.05) is 6.54 Å². The van der Waals surface area contributed by atoms with E-state index in [1.807, 2.05) is 24.3 Å². The number of halogens is 2. The number of hydrogen-bond donors (Lipinski definition) is 0. The number of aryl methyl sites for hydroxylation is 1. The highest BCUT2D eigenvalue weighted by molar-refractivity contribution is 6.31. The number of rotatable bonds is 1. The Kier molecular flexibility index (Phi) is 3.34. The summed E-state index contributed by atoms with van der Waals surface area (Å²) in [5.41, 5.74) is 3.40. The van der Waals surface area contributed by atoms with E-state index in [4.69, 9.17) is 11.6 Å². The first kappa shape index (κ1) is 12.4. The van der Waals surface area contributed by atoms with Gasteiger partial charge in [0.25, 0.3) is 0 Å². The minimum atomic E-state index is -0.242. The molecule has 0 spiro atoms. The lowest BCUT2D eigenvalue weighted by molar-refractivity contribution is 0.625. The van der Waals surface area contributed by atoms with Crippen LogP contribution in [0.5, 0.6) is 0 Å². The number of nitrogens with zero attached hydrogens (tertiary/aromatic N) is 1. The minimum Gasteiger partial charge on any atom is -0.284 e. The van der Waals surface area contributed by atoms with Crippen LogP contribution in [0.3, 0.4) is 0 Å². The molecule has 3 rings (SSSR count). The van der Waals surface area contributed by atoms with E-state index in [0.29, 0.717) is 16.3 Å². The molecule has 96 valence electrons. The molecular weight excluding hydrogens is 261 g/mol. The predicted octanol–water partition coefficient (Wildman–Crippen LogP) is 4.26. The third kappa shape index (κ3) is 2.41. The van der Waals surface area contributed by atoms with Crippen LogP contribution in [-0.2, 0) is 6.42 Å². The highest BCUT2D eigenvalue weighted by atomic mass is 35.5. The van der Waals surface area contributed by atoms with E-state index < -0.39 is 0 Å². The van der Waals surface area contributed by atoms with E-state index in [0.717, 1.165) is 24.9 Å². The summed E-state index contributed by atoms with van der Waals surface area (Å²) >= 11 is 6.07. The van der Waals surface area contributed by atoms with Crippen LogP contribution in [0.2, 0.25) is 5.02 Å². The van der Waals surface area contributed by atoms with Gasteiger partial charge in [0.2, 0.25) is 0 Å². The number of aliphatic imine (C=N–C) groups is 1. The van der Waals surface area contributed by atoms with E-state index in [1.54, 1.807) is 12.1 Å². The molecule has 0 aromatic heterocycles. The van der Waals surface area contributed by atoms with Gasteiger partial charge in [0.1, 0.15) is 5.82 Å². The van der Waals surface area contributed by atoms with Crippen molar-refractivity contribution < 1.29 is 4.39 Å². The van der Waals surface area contributed by atoms with Crippen LogP contribution in [-0.4, -0.2) is 12.3 Å². The normalized spacial score (nSPS) is 14.5. The van der Waals surface area contributed by atoms with Crippen LogP contribution < -0.4 is 0 Å². The SMILES string of the molecule is Fc1ccccc1C1=NCCCc2ccc(Cl)cc21. The molecule has 0 saturated carbocycles. The second-order valence-corrected chi connectivity index (χ2v) is 5.05. The topological polar surface area (TPSA) is 12.4 Å². The van der Waals surface area contributed by atoms with Gasteiger partial charge in [-0.25, -0.2) is 4.39 Å². The van der Waals surface area contributed by atoms with Crippen molar-refractivity contribution in [2.45, 2.75) is 12.8 Å². The van der Waals surface area contributed by atoms with Crippen molar-refractivity contribution in [1.82, 2.24) is 0 Å². The Morgan fingerprint density at radius 1 is 1.05 bits per heavy atom. The van der Waals surface area contributed by atoms with Crippen molar-refractivity contribution in [3.8, 4) is 0 Å². The van der Waals surface area contributed by atoms with Gasteiger partial charge >= 0.3 is 0 Å². The molecule has 0 amide bonds. The first-order valence-electron chi connectivity index (χ1n) is 6.34. The van der Waals surface area contributed by atoms with Gasteiger partial charge in [0.15, 0.2) is 0 Å². The zero-order valence-corrected chi connectivity index (χ0v) is 11.1. The lowest BCUT2D eigenvalue weighted by atomic mass is 9.96. The highest BCUT2D eigenvalue weighted by Crippen LogP contribution is 2.24. The fourth-order valence-corrected chi connectivity index (χ4v) is 2.59. The third-order valence-electron chi connectivity index (χ3n) is 3.33. The quantitative estimate of drug-likeness (QED) is 0.736. The maximum atomic E-state index is 14.0. The molecule has 19 heavy (non-hydrogen) atoms. The first-order valence-corrected chi connectivity index (χ1v) is 6.71. The average molecular weight is 274 g/mol. The molecule has 3 heteroatoms. The predicted molar refractivity (Wildman–Crippen MR) is 76.7 cm³/mol. The number of hydrogen-bond acceptors (Lipinski definition) is 1. The summed E-state index contributed by atoms with van der Waals surface area (Å²) in [5.74, 6) is -0.242. The Morgan fingerprint density at radius 2 is 1.89 bits per heavy atom. The van der Waals surface area contributed by atoms with Crippen LogP contribution in [0.1, 0.15) is 23.1 Å². The van der Waals surface area contributed by atoms with Crippen molar-refractivity contribution >= 4 is 17.3 Å². The van der Waals surface area contributed by atoms with Crippen molar-refractivity contribution in [3.63, 3.8) is 0 Å². The lowest BCUT2D eigenvalue weighted by Crippen LogP contribution is -2.08. The van der Waals surface area contributed by atoms with Crippen molar-refractivity contribution in [2.24, 2.45) is 4.99 Å². The van der Waals surface area contributed by atoms with Gasteiger partial charge < -0.3 is 0 Å². The van der Waals surface area contributed by atoms with E-state index in [9.17, 15) is 4.39 Å². The fraction of sp³-hybridized carbons (Fsp3) is 0.188. The van der Waals surface area contributed by atoms with Gasteiger partial charge in [-0.05, 0) is 42.7 Å². The summed E-state index contributed by atoms with van der Waals surface area (Å²) in [6, 6.07) is 12.5. The van der Waals surface area contributed by atoms with Gasteiger partial charge in [-0.1, -0.05) is 29.8 Å². The smallest absolute Gasteiger partial charge is 0.132 e. The van der Waals surface area contributed by atoms with Gasteiger partial charge in [-0.3, -0.25) is 4.99 Å². The van der Waals surface area contributed by atoms with E-state index in [1.165, 1.54) is 11.6 Å². The van der Waals surface area contributed by atoms with Crippen LogP contribution in [0.15, 0.2) is 47.5 Å². The minimum absolute atomic E-state index is 0.242. The van der Waals surface area contributed by atoms with Gasteiger partial charge in [-0.15, -0.1) is 0 Å². The summed E-state index contributed by atoms with van der Waals surface area (Å²) in [7, 11) is 0. The molecule has 1 aliphatic heterocycles. The summed E-state index contributed by atoms with van der Waals surface area (Å²) in [4.78, 5) is 4.55. The van der Waals surface area contributed by atoms with E-state index in [-0.39, 0.29) is 5.82 Å². The summed E-state index contributed by atoms with van der Waals surface area (Å²) in [6.07, 6.45) is 1.93. The summed E-state index contributed by atoms with van der Waals surface area (Å²) in [6.45, 7) is 0.718. The fourth-order valence-electron chi connectivity index (χ4n) is 2.42. The second-order valence-electron chi connectivity index (χ2n) is 4.62. The molecule has 1 heterocycles. The van der Waals surface area contributed by atoms with Crippen molar-refractivity contribution in [1.29, 1.82) is 0 Å². The van der Waals surface area contributed by atoms with Crippen LogP contribution in [0, 0.1) is 5.82 Å². The Labute approximate surface area is 116 Å². The highest BCUT2D eigenvalue weighted by Gasteiger charge is 2.17. The molecule has 2 aromatic rings. The number of benzene rings is 2. The Hall–Kier alpha value is -1.67. The third-order valence-corrected chi connectivity index (χ3v) is 3.57. The molecule has 0 atom stereocenters. The van der Waals surface area contributed by atoms with E-state index >= 15 is 0 Å². The van der Waals surface area contributed by atoms with Crippen LogP contribution in [0.4, 0.5) is 4.39 Å². The average Bonchev–Trinajstić information content (AvgIpc) is 2.61. The molecule has 2 aromatic carbocycles. The Balaban J connectivity index is 2.20. The molecule has 0 radical (unpaired) electrons. The molecule has 0 fully saturated rings. The van der Waals surface area contributed by atoms with Gasteiger partial charge in [0, 0.05) is 22.7 Å². The Bertz CT molecular complexity index is 649. The molecule has 0 saturated heterocycles. The summed E-state index contributed by atoms with van der Waals surface area (Å²) < 4.78 is 14.0. The molecule has 1 nitrogen and oxygen atoms in total. The molecule has 0 bridgehead atoms. The molecule has 0 aliphatic carbocycles. The maximum absolute atomic E-state index is 14.0. The largest absolute Gasteiger partial charge is 0.284 e. The van der Waals surface area contributed by atoms with Gasteiger partial charge in [0.05, 0.1) is 5.71 Å². The second kappa shape index (κ2) is 5.14. The van der Waals surface area contributed by atoms with Crippen LogP contribution in [0.25, 0.3) is 0 Å². The zero-order valence-electron chi connectivity index (χ0n) is 10.4. The maximum Gasteiger partial charge on any atom is 0.132 e. The molecular formula is C16H13ClFN. The first-order chi connectivity index (χ1) is 9.25. The number of fused-ring (bicyclic) bond motifs is 1. The van der Waals surface area contributed by atoms with Gasteiger partial charge in [-0.2, -0.15) is 0 Å². The monoisotopic (exact) mass is 273 g/mol. The Morgan fingerprint density at radius 3 is 2.74 bits per heavy atom. The standard InChI is InChI=1S/C16H13ClFN/c17-12-8-7-11-4-3-9-19-16(14(11)10-12)13-5-1-2-6-15(13)18/h1-2,5-8,10H,3-4,9H2.